The van der Waals surface area contributed by atoms with Gasteiger partial charge >= 0.3 is 6.09 Å². The van der Waals surface area contributed by atoms with E-state index in [1.54, 1.807) is 53.7 Å². The first-order valence-corrected chi connectivity index (χ1v) is 15.2. The monoisotopic (exact) mass is 659 g/mol. The van der Waals surface area contributed by atoms with Crippen LogP contribution < -0.4 is 5.32 Å². The van der Waals surface area contributed by atoms with E-state index in [0.29, 0.717) is 35.8 Å². The number of ether oxygens (including phenoxy) is 1. The first-order valence-electron chi connectivity index (χ1n) is 12.7. The second-order valence-electron chi connectivity index (χ2n) is 10.5. The van der Waals surface area contributed by atoms with Gasteiger partial charge in [0.1, 0.15) is 5.60 Å². The molecule has 0 saturated carbocycles. The topological polar surface area (TPSA) is 106 Å². The molecule has 0 bridgehead atoms. The maximum absolute atomic E-state index is 13.6. The van der Waals surface area contributed by atoms with Crippen LogP contribution in [0, 0.1) is 3.57 Å². The number of amides is 1. The van der Waals surface area contributed by atoms with Crippen molar-refractivity contribution in [3.8, 4) is 11.3 Å². The number of rotatable bonds is 5. The number of carbonyl (C=O) groups excluding carboxylic acids is 1. The Labute approximate surface area is 241 Å². The molecule has 5 rings (SSSR count). The lowest BCUT2D eigenvalue weighted by Crippen LogP contribution is -2.47. The highest BCUT2D eigenvalue weighted by atomic mass is 127. The van der Waals surface area contributed by atoms with Crippen molar-refractivity contribution in [1.82, 2.24) is 18.8 Å². The fourth-order valence-electron chi connectivity index (χ4n) is 4.64. The summed E-state index contributed by atoms with van der Waals surface area (Å²) < 4.78 is 34.8. The lowest BCUT2D eigenvalue weighted by Gasteiger charge is -2.34. The molecule has 0 spiro atoms. The molecule has 0 radical (unpaired) electrons. The summed E-state index contributed by atoms with van der Waals surface area (Å²) in [7, 11) is -3.82. The fourth-order valence-corrected chi connectivity index (χ4v) is 6.58. The molecule has 204 valence electrons. The normalized spacial score (nSPS) is 16.3. The molecule has 2 aromatic heterocycles. The van der Waals surface area contributed by atoms with E-state index in [-0.39, 0.29) is 17.0 Å². The molecule has 11 heteroatoms. The number of fused-ring (bicyclic) bond motifs is 1. The third-order valence-corrected chi connectivity index (χ3v) is 8.86. The number of halogens is 1. The van der Waals surface area contributed by atoms with Crippen molar-refractivity contribution in [3.05, 3.63) is 70.6 Å². The molecule has 9 nitrogen and oxygen atoms in total. The van der Waals surface area contributed by atoms with Gasteiger partial charge in [-0.3, -0.25) is 0 Å². The molecule has 4 aromatic rings. The van der Waals surface area contributed by atoms with Gasteiger partial charge in [0.2, 0.25) is 5.95 Å². The van der Waals surface area contributed by atoms with Gasteiger partial charge < -0.3 is 15.0 Å². The van der Waals surface area contributed by atoms with Crippen molar-refractivity contribution >= 4 is 55.6 Å². The van der Waals surface area contributed by atoms with E-state index >= 15 is 0 Å². The van der Waals surface area contributed by atoms with Crippen molar-refractivity contribution in [2.24, 2.45) is 0 Å². The minimum Gasteiger partial charge on any atom is -0.444 e. The Morgan fingerprint density at radius 3 is 2.56 bits per heavy atom. The first-order chi connectivity index (χ1) is 18.5. The number of anilines is 1. The lowest BCUT2D eigenvalue weighted by molar-refractivity contribution is 0.0206. The van der Waals surface area contributed by atoms with E-state index < -0.39 is 15.6 Å². The summed E-state index contributed by atoms with van der Waals surface area (Å²) in [5.74, 6) is 0.421. The summed E-state index contributed by atoms with van der Waals surface area (Å²) in [6, 6.07) is 15.7. The van der Waals surface area contributed by atoms with Gasteiger partial charge in [-0.1, -0.05) is 36.4 Å². The fraction of sp³-hybridized carbons (Fsp3) is 0.321. The number of hydrogen-bond donors (Lipinski definition) is 1. The van der Waals surface area contributed by atoms with Gasteiger partial charge in [0.15, 0.2) is 0 Å². The third kappa shape index (κ3) is 5.88. The highest BCUT2D eigenvalue weighted by Gasteiger charge is 2.28. The van der Waals surface area contributed by atoms with Crippen LogP contribution in [-0.4, -0.2) is 58.1 Å². The van der Waals surface area contributed by atoms with Crippen LogP contribution in [0.4, 0.5) is 10.7 Å². The zero-order chi connectivity index (χ0) is 27.8. The van der Waals surface area contributed by atoms with Gasteiger partial charge in [0, 0.05) is 42.5 Å². The molecule has 1 aliphatic heterocycles. The zero-order valence-electron chi connectivity index (χ0n) is 22.0. The van der Waals surface area contributed by atoms with Crippen molar-refractivity contribution < 1.29 is 17.9 Å². The quantitative estimate of drug-likeness (QED) is 0.272. The third-order valence-electron chi connectivity index (χ3n) is 6.38. The Kier molecular flexibility index (Phi) is 7.55. The van der Waals surface area contributed by atoms with Crippen molar-refractivity contribution in [2.75, 3.05) is 18.4 Å². The number of para-hydroxylation sites is 1. The molecule has 1 fully saturated rings. The van der Waals surface area contributed by atoms with E-state index in [4.69, 9.17) is 9.72 Å². The predicted molar refractivity (Wildman–Crippen MR) is 159 cm³/mol. The van der Waals surface area contributed by atoms with Gasteiger partial charge in [-0.2, -0.15) is 0 Å². The van der Waals surface area contributed by atoms with E-state index in [1.165, 1.54) is 3.97 Å². The van der Waals surface area contributed by atoms with Crippen LogP contribution in [0.2, 0.25) is 0 Å². The van der Waals surface area contributed by atoms with Gasteiger partial charge in [0.05, 0.1) is 19.7 Å². The van der Waals surface area contributed by atoms with Crippen LogP contribution >= 0.6 is 22.6 Å². The van der Waals surface area contributed by atoms with Crippen LogP contribution in [0.3, 0.4) is 0 Å². The van der Waals surface area contributed by atoms with Crippen LogP contribution in [0.15, 0.2) is 71.9 Å². The number of nitrogens with one attached hydrogen (secondary N) is 1. The molecule has 1 aliphatic rings. The maximum atomic E-state index is 13.6. The van der Waals surface area contributed by atoms with E-state index in [9.17, 15) is 13.2 Å². The molecule has 1 atom stereocenters. The van der Waals surface area contributed by atoms with E-state index in [1.807, 2.05) is 39.0 Å². The van der Waals surface area contributed by atoms with Crippen LogP contribution in [0.25, 0.3) is 22.2 Å². The molecule has 0 aliphatic carbocycles. The Morgan fingerprint density at radius 2 is 1.82 bits per heavy atom. The summed E-state index contributed by atoms with van der Waals surface area (Å²) in [6.07, 6.45) is 4.71. The summed E-state index contributed by atoms with van der Waals surface area (Å²) in [5.41, 5.74) is 1.34. The highest BCUT2D eigenvalue weighted by Crippen LogP contribution is 2.34. The Balaban J connectivity index is 1.46. The molecular weight excluding hydrogens is 629 g/mol. The molecule has 2 aromatic carbocycles. The molecule has 1 unspecified atom stereocenters. The number of nitrogens with zero attached hydrogens (tertiary/aromatic N) is 4. The van der Waals surface area contributed by atoms with Crippen LogP contribution in [-0.2, 0) is 14.8 Å². The largest absolute Gasteiger partial charge is 0.444 e. The predicted octanol–water partition coefficient (Wildman–Crippen LogP) is 5.75. The molecule has 1 N–H and O–H groups in total. The Morgan fingerprint density at radius 1 is 1.10 bits per heavy atom. The SMILES string of the molecule is CC(C)(C)OC(=O)N1CCCC(Nc2ncc(I)c(-c3cn(S(=O)(=O)c4ccccc4)c4ccccc34)n2)C1. The molecular formula is C28H30IN5O4S. The number of carbonyl (C=O) groups is 1. The minimum atomic E-state index is -3.82. The standard InChI is InChI=1S/C28H30IN5O4S/c1-28(2,3)38-27(35)33-15-9-10-19(17-33)31-26-30-16-23(29)25(32-26)22-18-34(24-14-8-7-13-21(22)24)39(36,37)20-11-5-4-6-12-20/h4-8,11-14,16,18-19H,9-10,15,17H2,1-3H3,(H,30,31,32). The zero-order valence-corrected chi connectivity index (χ0v) is 24.9. The molecule has 1 amide bonds. The highest BCUT2D eigenvalue weighted by molar-refractivity contribution is 14.1. The first kappa shape index (κ1) is 27.4. The molecule has 1 saturated heterocycles. The van der Waals surface area contributed by atoms with Crippen molar-refractivity contribution in [3.63, 3.8) is 0 Å². The van der Waals surface area contributed by atoms with Gasteiger partial charge in [-0.15, -0.1) is 0 Å². The summed E-state index contributed by atoms with van der Waals surface area (Å²) >= 11 is 2.17. The smallest absolute Gasteiger partial charge is 0.410 e. The Hall–Kier alpha value is -3.19. The number of hydrogen-bond acceptors (Lipinski definition) is 7. The summed E-state index contributed by atoms with van der Waals surface area (Å²) in [5, 5.41) is 4.15. The number of piperidine rings is 1. The van der Waals surface area contributed by atoms with Crippen LogP contribution in [0.5, 0.6) is 0 Å². The second kappa shape index (κ2) is 10.8. The van der Waals surface area contributed by atoms with E-state index in [0.717, 1.165) is 21.8 Å². The summed E-state index contributed by atoms with van der Waals surface area (Å²) in [4.78, 5) is 23.8. The van der Waals surface area contributed by atoms with Gasteiger partial charge in [0.25, 0.3) is 10.0 Å². The molecule has 39 heavy (non-hydrogen) atoms. The van der Waals surface area contributed by atoms with E-state index in [2.05, 4.69) is 32.9 Å². The van der Waals surface area contributed by atoms with Gasteiger partial charge in [-0.25, -0.2) is 27.2 Å². The van der Waals surface area contributed by atoms with Crippen molar-refractivity contribution in [2.45, 2.75) is 50.2 Å². The second-order valence-corrected chi connectivity index (χ2v) is 13.5. The lowest BCUT2D eigenvalue weighted by atomic mass is 10.1. The molecule has 3 heterocycles. The average Bonchev–Trinajstić information content (AvgIpc) is 3.30. The van der Waals surface area contributed by atoms with Crippen molar-refractivity contribution in [1.29, 1.82) is 0 Å². The number of aromatic nitrogens is 3. The summed E-state index contributed by atoms with van der Waals surface area (Å²) in [6.45, 7) is 6.68. The Bertz CT molecular complexity index is 1620. The number of benzene rings is 2. The van der Waals surface area contributed by atoms with Gasteiger partial charge in [-0.05, 0) is 74.4 Å². The maximum Gasteiger partial charge on any atom is 0.410 e. The minimum absolute atomic E-state index is 0.0426. The van der Waals surface area contributed by atoms with Crippen LogP contribution in [0.1, 0.15) is 33.6 Å². The average molecular weight is 660 g/mol. The number of likely N-dealkylation sites (tertiary alicyclic amines) is 1.